The molecule has 0 aliphatic heterocycles. The van der Waals surface area contributed by atoms with E-state index < -0.39 is 11.7 Å². The number of fused-ring (bicyclic) bond motifs is 1. The average Bonchev–Trinajstić information content (AvgIpc) is 2.81. The minimum absolute atomic E-state index is 0.459. The topological polar surface area (TPSA) is 30.9 Å². The molecule has 0 fully saturated rings. The van der Waals surface area contributed by atoms with Crippen LogP contribution in [0.15, 0.2) is 54.7 Å². The second-order valence-electron chi connectivity index (χ2n) is 4.55. The Bertz CT molecular complexity index is 772. The van der Waals surface area contributed by atoms with Crippen molar-refractivity contribution in [2.24, 2.45) is 0 Å². The van der Waals surface area contributed by atoms with E-state index in [1.807, 2.05) is 12.1 Å². The van der Waals surface area contributed by atoms with Crippen LogP contribution in [0.1, 0.15) is 5.56 Å². The number of hydrogen-bond acceptors (Lipinski definition) is 1. The molecule has 0 aliphatic rings. The van der Waals surface area contributed by atoms with Crippen molar-refractivity contribution in [3.05, 3.63) is 60.3 Å². The fourth-order valence-electron chi connectivity index (χ4n) is 2.20. The molecule has 0 radical (unpaired) electrons. The van der Waals surface area contributed by atoms with Crippen LogP contribution in [0, 0.1) is 0 Å². The maximum absolute atomic E-state index is 12.8. The second kappa shape index (κ2) is 4.30. The zero-order valence-electron chi connectivity index (χ0n) is 10.4. The lowest BCUT2D eigenvalue weighted by molar-refractivity contribution is -0.137. The molecule has 1 heterocycles. The van der Waals surface area contributed by atoms with Gasteiger partial charge in [-0.1, -0.05) is 12.1 Å². The molecule has 0 saturated heterocycles. The highest BCUT2D eigenvalue weighted by Gasteiger charge is 2.30. The predicted molar refractivity (Wildman–Crippen MR) is 72.7 cm³/mol. The van der Waals surface area contributed by atoms with Gasteiger partial charge in [-0.15, -0.1) is 0 Å². The van der Waals surface area contributed by atoms with Crippen LogP contribution in [0.4, 0.5) is 18.9 Å². The van der Waals surface area contributed by atoms with Gasteiger partial charge in [0.1, 0.15) is 0 Å². The highest BCUT2D eigenvalue weighted by molar-refractivity contribution is 5.84. The van der Waals surface area contributed by atoms with E-state index in [-0.39, 0.29) is 0 Å². The van der Waals surface area contributed by atoms with Gasteiger partial charge in [-0.25, -0.2) is 0 Å². The van der Waals surface area contributed by atoms with Crippen molar-refractivity contribution in [1.82, 2.24) is 4.57 Å². The molecule has 0 spiro atoms. The van der Waals surface area contributed by atoms with Crippen molar-refractivity contribution in [1.29, 1.82) is 0 Å². The van der Waals surface area contributed by atoms with Crippen molar-refractivity contribution in [3.8, 4) is 5.69 Å². The number of alkyl halides is 3. The lowest BCUT2D eigenvalue weighted by Gasteiger charge is -2.10. The molecule has 2 nitrogen and oxygen atoms in total. The fourth-order valence-corrected chi connectivity index (χ4v) is 2.20. The zero-order valence-corrected chi connectivity index (χ0v) is 10.4. The number of aromatic nitrogens is 1. The minimum Gasteiger partial charge on any atom is -0.399 e. The summed E-state index contributed by atoms with van der Waals surface area (Å²) in [5, 5.41) is 0.927. The summed E-state index contributed by atoms with van der Waals surface area (Å²) in [6.07, 6.45) is -2.61. The van der Waals surface area contributed by atoms with Gasteiger partial charge in [0, 0.05) is 23.0 Å². The molecule has 2 N–H and O–H groups in total. The largest absolute Gasteiger partial charge is 0.416 e. The van der Waals surface area contributed by atoms with Gasteiger partial charge in [0.05, 0.1) is 11.1 Å². The number of nitrogens with zero attached hydrogens (tertiary/aromatic N) is 1. The third kappa shape index (κ3) is 2.11. The van der Waals surface area contributed by atoms with E-state index in [4.69, 9.17) is 5.73 Å². The van der Waals surface area contributed by atoms with Crippen molar-refractivity contribution in [2.75, 3.05) is 5.73 Å². The van der Waals surface area contributed by atoms with Crippen molar-refractivity contribution >= 4 is 16.6 Å². The van der Waals surface area contributed by atoms with Gasteiger partial charge >= 0.3 is 6.18 Å². The number of benzene rings is 2. The van der Waals surface area contributed by atoms with E-state index in [2.05, 4.69) is 0 Å². The molecule has 3 rings (SSSR count). The van der Waals surface area contributed by atoms with Crippen LogP contribution in [0.25, 0.3) is 16.6 Å². The Morgan fingerprint density at radius 3 is 2.50 bits per heavy atom. The number of nitrogen functional groups attached to an aromatic ring is 1. The Balaban J connectivity index is 2.18. The molecular formula is C15H11F3N2. The normalized spacial score (nSPS) is 11.9. The standard InChI is InChI=1S/C15H11F3N2/c16-15(17,18)11-2-1-3-13(8-11)20-7-6-10-4-5-12(19)9-14(10)20/h1-9H,19H2. The van der Waals surface area contributed by atoms with Crippen LogP contribution < -0.4 is 5.73 Å². The number of halogens is 3. The van der Waals surface area contributed by atoms with Crippen LogP contribution in [0.3, 0.4) is 0 Å². The molecule has 5 heteroatoms. The Labute approximate surface area is 113 Å². The molecule has 0 aliphatic carbocycles. The van der Waals surface area contributed by atoms with Crippen LogP contribution in [-0.2, 0) is 6.18 Å². The summed E-state index contributed by atoms with van der Waals surface area (Å²) < 4.78 is 40.0. The Morgan fingerprint density at radius 1 is 0.950 bits per heavy atom. The highest BCUT2D eigenvalue weighted by atomic mass is 19.4. The molecule has 1 aromatic heterocycles. The van der Waals surface area contributed by atoms with Gasteiger partial charge in [-0.3, -0.25) is 0 Å². The van der Waals surface area contributed by atoms with Gasteiger partial charge in [0.2, 0.25) is 0 Å². The summed E-state index contributed by atoms with van der Waals surface area (Å²) in [6.45, 7) is 0. The van der Waals surface area contributed by atoms with E-state index in [1.54, 1.807) is 29.0 Å². The van der Waals surface area contributed by atoms with Gasteiger partial charge in [-0.2, -0.15) is 13.2 Å². The Morgan fingerprint density at radius 2 is 1.75 bits per heavy atom. The maximum Gasteiger partial charge on any atom is 0.416 e. The number of nitrogens with two attached hydrogens (primary N) is 1. The van der Waals surface area contributed by atoms with Crippen LogP contribution in [0.5, 0.6) is 0 Å². The van der Waals surface area contributed by atoms with Crippen LogP contribution in [0.2, 0.25) is 0 Å². The summed E-state index contributed by atoms with van der Waals surface area (Å²) in [6, 6.07) is 12.4. The quantitative estimate of drug-likeness (QED) is 0.662. The molecule has 3 aromatic rings. The summed E-state index contributed by atoms with van der Waals surface area (Å²) in [4.78, 5) is 0. The monoisotopic (exact) mass is 276 g/mol. The first-order valence-electron chi connectivity index (χ1n) is 5.99. The first-order chi connectivity index (χ1) is 9.45. The van der Waals surface area contributed by atoms with Crippen molar-refractivity contribution in [2.45, 2.75) is 6.18 Å². The first kappa shape index (κ1) is 12.6. The molecule has 0 bridgehead atoms. The molecule has 0 unspecified atom stereocenters. The maximum atomic E-state index is 12.8. The third-order valence-corrected chi connectivity index (χ3v) is 3.17. The molecule has 0 atom stereocenters. The summed E-state index contributed by atoms with van der Waals surface area (Å²) in [5.74, 6) is 0. The lowest BCUT2D eigenvalue weighted by atomic mass is 10.2. The molecule has 102 valence electrons. The summed E-state index contributed by atoms with van der Waals surface area (Å²) in [7, 11) is 0. The van der Waals surface area contributed by atoms with Crippen LogP contribution >= 0.6 is 0 Å². The highest BCUT2D eigenvalue weighted by Crippen LogP contribution is 2.31. The lowest BCUT2D eigenvalue weighted by Crippen LogP contribution is -2.05. The van der Waals surface area contributed by atoms with E-state index in [1.165, 1.54) is 6.07 Å². The summed E-state index contributed by atoms with van der Waals surface area (Å²) >= 11 is 0. The van der Waals surface area contributed by atoms with Gasteiger partial charge in [-0.05, 0) is 36.4 Å². The van der Waals surface area contributed by atoms with Crippen LogP contribution in [-0.4, -0.2) is 4.57 Å². The SMILES string of the molecule is Nc1ccc2ccn(-c3cccc(C(F)(F)F)c3)c2c1. The van der Waals surface area contributed by atoms with Crippen molar-refractivity contribution < 1.29 is 13.2 Å². The first-order valence-corrected chi connectivity index (χ1v) is 5.99. The van der Waals surface area contributed by atoms with E-state index in [0.717, 1.165) is 23.0 Å². The number of anilines is 1. The smallest absolute Gasteiger partial charge is 0.399 e. The Hall–Kier alpha value is -2.43. The van der Waals surface area contributed by atoms with E-state index in [0.29, 0.717) is 11.4 Å². The molecular weight excluding hydrogens is 265 g/mol. The average molecular weight is 276 g/mol. The zero-order chi connectivity index (χ0) is 14.3. The molecule has 2 aromatic carbocycles. The van der Waals surface area contributed by atoms with Gasteiger partial charge < -0.3 is 10.3 Å². The van der Waals surface area contributed by atoms with Crippen molar-refractivity contribution in [3.63, 3.8) is 0 Å². The van der Waals surface area contributed by atoms with E-state index >= 15 is 0 Å². The number of hydrogen-bond donors (Lipinski definition) is 1. The predicted octanol–water partition coefficient (Wildman–Crippen LogP) is 4.23. The molecule has 0 amide bonds. The van der Waals surface area contributed by atoms with Gasteiger partial charge in [0.25, 0.3) is 0 Å². The fraction of sp³-hybridized carbons (Fsp3) is 0.0667. The van der Waals surface area contributed by atoms with E-state index in [9.17, 15) is 13.2 Å². The summed E-state index contributed by atoms with van der Waals surface area (Å²) in [5.41, 5.74) is 6.88. The minimum atomic E-state index is -4.35. The molecule has 20 heavy (non-hydrogen) atoms. The molecule has 0 saturated carbocycles. The third-order valence-electron chi connectivity index (χ3n) is 3.17. The number of rotatable bonds is 1. The Kier molecular flexibility index (Phi) is 2.71. The second-order valence-corrected chi connectivity index (χ2v) is 4.55. The van der Waals surface area contributed by atoms with Gasteiger partial charge in [0.15, 0.2) is 0 Å².